The molecule has 0 aromatic heterocycles. The molecule has 2 N–H and O–H groups in total. The summed E-state index contributed by atoms with van der Waals surface area (Å²) in [4.78, 5) is 25.8. The second-order valence-corrected chi connectivity index (χ2v) is 5.30. The number of halogens is 1. The molecule has 6 heteroatoms. The summed E-state index contributed by atoms with van der Waals surface area (Å²) in [5.41, 5.74) is 1.03. The Hall–Kier alpha value is -1.95. The normalized spacial score (nSPS) is 19.5. The SMILES string of the molecule is CCC(C)C1C(=O)Nc2cc(F)ccc2CN1C(=O)CO. The fourth-order valence-electron chi connectivity index (χ4n) is 2.56. The van der Waals surface area contributed by atoms with Gasteiger partial charge in [-0.3, -0.25) is 9.59 Å². The molecule has 21 heavy (non-hydrogen) atoms. The van der Waals surface area contributed by atoms with Crippen LogP contribution in [-0.2, 0) is 16.1 Å². The van der Waals surface area contributed by atoms with E-state index in [9.17, 15) is 14.0 Å². The molecule has 0 saturated carbocycles. The van der Waals surface area contributed by atoms with Gasteiger partial charge in [-0.2, -0.15) is 0 Å². The molecule has 1 aromatic rings. The van der Waals surface area contributed by atoms with Gasteiger partial charge in [-0.15, -0.1) is 0 Å². The maximum Gasteiger partial charge on any atom is 0.249 e. The van der Waals surface area contributed by atoms with Crippen LogP contribution in [0, 0.1) is 11.7 Å². The van der Waals surface area contributed by atoms with Crippen molar-refractivity contribution < 1.29 is 19.1 Å². The predicted molar refractivity (Wildman–Crippen MR) is 75.9 cm³/mol. The number of nitrogens with zero attached hydrogens (tertiary/aromatic N) is 1. The zero-order chi connectivity index (χ0) is 15.6. The van der Waals surface area contributed by atoms with Crippen LogP contribution in [0.25, 0.3) is 0 Å². The number of carbonyl (C=O) groups is 2. The maximum atomic E-state index is 13.3. The number of hydrogen-bond donors (Lipinski definition) is 2. The molecule has 0 spiro atoms. The van der Waals surface area contributed by atoms with Gasteiger partial charge >= 0.3 is 0 Å². The number of aliphatic hydroxyl groups is 1. The minimum atomic E-state index is -0.676. The Balaban J connectivity index is 2.45. The molecule has 2 amide bonds. The van der Waals surface area contributed by atoms with Crippen molar-refractivity contribution in [2.75, 3.05) is 11.9 Å². The van der Waals surface area contributed by atoms with Gasteiger partial charge in [0.25, 0.3) is 0 Å². The molecule has 0 radical (unpaired) electrons. The van der Waals surface area contributed by atoms with E-state index in [2.05, 4.69) is 5.32 Å². The highest BCUT2D eigenvalue weighted by atomic mass is 19.1. The van der Waals surface area contributed by atoms with E-state index in [1.54, 1.807) is 6.07 Å². The Bertz CT molecular complexity index is 562. The molecule has 1 aromatic carbocycles. The smallest absolute Gasteiger partial charge is 0.249 e. The average Bonchev–Trinajstić information content (AvgIpc) is 2.61. The first kappa shape index (κ1) is 15.4. The van der Waals surface area contributed by atoms with E-state index in [4.69, 9.17) is 5.11 Å². The Morgan fingerprint density at radius 1 is 1.57 bits per heavy atom. The van der Waals surface area contributed by atoms with E-state index in [0.717, 1.165) is 0 Å². The van der Waals surface area contributed by atoms with Crippen LogP contribution in [0.1, 0.15) is 25.8 Å². The Morgan fingerprint density at radius 2 is 2.29 bits per heavy atom. The number of aliphatic hydroxyl groups excluding tert-OH is 1. The van der Waals surface area contributed by atoms with Gasteiger partial charge in [-0.1, -0.05) is 26.3 Å². The van der Waals surface area contributed by atoms with Crippen molar-refractivity contribution in [3.8, 4) is 0 Å². The van der Waals surface area contributed by atoms with Crippen molar-refractivity contribution >= 4 is 17.5 Å². The van der Waals surface area contributed by atoms with Gasteiger partial charge in [0.15, 0.2) is 0 Å². The van der Waals surface area contributed by atoms with E-state index >= 15 is 0 Å². The first-order valence-corrected chi connectivity index (χ1v) is 6.97. The van der Waals surface area contributed by atoms with Crippen LogP contribution in [0.4, 0.5) is 10.1 Å². The van der Waals surface area contributed by atoms with Crippen molar-refractivity contribution in [3.05, 3.63) is 29.6 Å². The number of anilines is 1. The third-order valence-corrected chi connectivity index (χ3v) is 3.91. The van der Waals surface area contributed by atoms with Crippen LogP contribution in [0.5, 0.6) is 0 Å². The first-order valence-electron chi connectivity index (χ1n) is 6.97. The number of amides is 2. The summed E-state index contributed by atoms with van der Waals surface area (Å²) in [6.07, 6.45) is 0.706. The molecule has 2 rings (SSSR count). The summed E-state index contributed by atoms with van der Waals surface area (Å²) in [5.74, 6) is -1.38. The largest absolute Gasteiger partial charge is 0.387 e. The third kappa shape index (κ3) is 3.05. The zero-order valence-electron chi connectivity index (χ0n) is 12.1. The third-order valence-electron chi connectivity index (χ3n) is 3.91. The fraction of sp³-hybridized carbons (Fsp3) is 0.467. The molecule has 114 valence electrons. The molecule has 2 unspecified atom stereocenters. The molecular formula is C15H19FN2O3. The average molecular weight is 294 g/mol. The van der Waals surface area contributed by atoms with Gasteiger partial charge in [0, 0.05) is 12.2 Å². The zero-order valence-corrected chi connectivity index (χ0v) is 12.1. The van der Waals surface area contributed by atoms with Crippen molar-refractivity contribution in [1.82, 2.24) is 4.90 Å². The summed E-state index contributed by atoms with van der Waals surface area (Å²) in [6.45, 7) is 3.31. The maximum absolute atomic E-state index is 13.3. The predicted octanol–water partition coefficient (Wildman–Crippen LogP) is 1.51. The number of carbonyl (C=O) groups excluding carboxylic acids is 2. The van der Waals surface area contributed by atoms with Crippen LogP contribution in [0.3, 0.4) is 0 Å². The van der Waals surface area contributed by atoms with E-state index < -0.39 is 24.4 Å². The first-order chi connectivity index (χ1) is 9.97. The second-order valence-electron chi connectivity index (χ2n) is 5.30. The van der Waals surface area contributed by atoms with Crippen LogP contribution in [0.15, 0.2) is 18.2 Å². The lowest BCUT2D eigenvalue weighted by Crippen LogP contribution is -2.49. The fourth-order valence-corrected chi connectivity index (χ4v) is 2.56. The number of nitrogens with one attached hydrogen (secondary N) is 1. The summed E-state index contributed by atoms with van der Waals surface area (Å²) < 4.78 is 13.3. The van der Waals surface area contributed by atoms with Crippen molar-refractivity contribution in [3.63, 3.8) is 0 Å². The molecule has 0 saturated heterocycles. The summed E-state index contributed by atoms with van der Waals surface area (Å²) in [5, 5.41) is 11.8. The second kappa shape index (κ2) is 6.22. The molecule has 5 nitrogen and oxygen atoms in total. The van der Waals surface area contributed by atoms with Gasteiger partial charge in [0.1, 0.15) is 18.5 Å². The molecule has 0 bridgehead atoms. The molecule has 0 aliphatic carbocycles. The molecule has 0 fully saturated rings. The Morgan fingerprint density at radius 3 is 2.90 bits per heavy atom. The summed E-state index contributed by atoms with van der Waals surface area (Å²) in [7, 11) is 0. The lowest BCUT2D eigenvalue weighted by molar-refractivity contribution is -0.143. The Labute approximate surface area is 122 Å². The molecule has 1 aliphatic rings. The van der Waals surface area contributed by atoms with Crippen LogP contribution in [-0.4, -0.2) is 34.5 Å². The molecule has 1 aliphatic heterocycles. The highest BCUT2D eigenvalue weighted by Gasteiger charge is 2.36. The van der Waals surface area contributed by atoms with Gasteiger partial charge in [0.2, 0.25) is 11.8 Å². The van der Waals surface area contributed by atoms with Crippen molar-refractivity contribution in [2.45, 2.75) is 32.9 Å². The van der Waals surface area contributed by atoms with Crippen molar-refractivity contribution in [1.29, 1.82) is 0 Å². The quantitative estimate of drug-likeness (QED) is 0.888. The van der Waals surface area contributed by atoms with Gasteiger partial charge in [-0.25, -0.2) is 4.39 Å². The molecule has 2 atom stereocenters. The van der Waals surface area contributed by atoms with E-state index in [-0.39, 0.29) is 18.4 Å². The summed E-state index contributed by atoms with van der Waals surface area (Å²) in [6, 6.07) is 3.40. The minimum absolute atomic E-state index is 0.0698. The van der Waals surface area contributed by atoms with E-state index in [0.29, 0.717) is 17.7 Å². The van der Waals surface area contributed by atoms with Gasteiger partial charge in [0.05, 0.1) is 0 Å². The summed E-state index contributed by atoms with van der Waals surface area (Å²) >= 11 is 0. The number of fused-ring (bicyclic) bond motifs is 1. The number of rotatable bonds is 3. The lowest BCUT2D eigenvalue weighted by atomic mass is 9.96. The topological polar surface area (TPSA) is 69.6 Å². The lowest BCUT2D eigenvalue weighted by Gasteiger charge is -2.31. The standard InChI is InChI=1S/C15H19FN2O3/c1-3-9(2)14-15(21)17-12-6-11(16)5-4-10(12)7-18(14)13(20)8-19/h4-6,9,14,19H,3,7-8H2,1-2H3,(H,17,21). The van der Waals surface area contributed by atoms with Crippen LogP contribution >= 0.6 is 0 Å². The van der Waals surface area contributed by atoms with Gasteiger partial charge in [-0.05, 0) is 23.6 Å². The van der Waals surface area contributed by atoms with E-state index in [1.165, 1.54) is 17.0 Å². The minimum Gasteiger partial charge on any atom is -0.387 e. The molecule has 1 heterocycles. The Kier molecular flexibility index (Phi) is 4.57. The van der Waals surface area contributed by atoms with Gasteiger partial charge < -0.3 is 15.3 Å². The monoisotopic (exact) mass is 294 g/mol. The highest BCUT2D eigenvalue weighted by Crippen LogP contribution is 2.27. The molecular weight excluding hydrogens is 275 g/mol. The number of hydrogen-bond acceptors (Lipinski definition) is 3. The van der Waals surface area contributed by atoms with E-state index in [1.807, 2.05) is 13.8 Å². The van der Waals surface area contributed by atoms with Crippen molar-refractivity contribution in [2.24, 2.45) is 5.92 Å². The highest BCUT2D eigenvalue weighted by molar-refractivity contribution is 5.99. The van der Waals surface area contributed by atoms with Crippen LogP contribution in [0.2, 0.25) is 0 Å². The van der Waals surface area contributed by atoms with Crippen LogP contribution < -0.4 is 5.32 Å². The number of benzene rings is 1.